The van der Waals surface area contributed by atoms with Crippen LogP contribution in [-0.4, -0.2) is 66.7 Å². The molecule has 42 heavy (non-hydrogen) atoms. The summed E-state index contributed by atoms with van der Waals surface area (Å²) in [6.45, 7) is 4.36. The van der Waals surface area contributed by atoms with Crippen molar-refractivity contribution >= 4 is 35.1 Å². The molecule has 0 atom stereocenters. The van der Waals surface area contributed by atoms with Crippen LogP contribution < -0.4 is 16.0 Å². The molecular weight excluding hydrogens is 534 g/mol. The number of benzene rings is 2. The first-order valence-electron chi connectivity index (χ1n) is 14.5. The Morgan fingerprint density at radius 3 is 2.43 bits per heavy atom. The predicted molar refractivity (Wildman–Crippen MR) is 161 cm³/mol. The number of carbonyl (C=O) groups excluding carboxylic acids is 3. The van der Waals surface area contributed by atoms with Gasteiger partial charge in [0.1, 0.15) is 5.82 Å². The molecule has 2 aromatic carbocycles. The number of carbonyl (C=O) groups is 3. The Labute approximate surface area is 245 Å². The van der Waals surface area contributed by atoms with Crippen LogP contribution in [0.4, 0.5) is 22.0 Å². The lowest BCUT2D eigenvalue weighted by Gasteiger charge is -2.31. The summed E-state index contributed by atoms with van der Waals surface area (Å²) in [5.74, 6) is 0.119. The van der Waals surface area contributed by atoms with Crippen molar-refractivity contribution in [1.82, 2.24) is 15.2 Å². The molecule has 0 unspecified atom stereocenters. The molecule has 0 spiro atoms. The SMILES string of the molecule is CCOC(=O)N1CCC(NC(=O)c2cc(Nc3ccccc3)cc(-c3ccnc(NC(=O)C4CCOCC4)c3)c2)CC1. The van der Waals surface area contributed by atoms with E-state index >= 15 is 0 Å². The highest BCUT2D eigenvalue weighted by atomic mass is 16.6. The lowest BCUT2D eigenvalue weighted by atomic mass is 9.99. The molecular formula is C32H37N5O5. The van der Waals surface area contributed by atoms with Crippen molar-refractivity contribution in [2.24, 2.45) is 5.92 Å². The standard InChI is InChI=1S/C32H37N5O5/c1-2-42-32(40)37-14-9-27(10-15-37)35-31(39)25-18-24(19-28(20-25)34-26-6-4-3-5-7-26)23-8-13-33-29(21-23)36-30(38)22-11-16-41-17-12-22/h3-8,13,18-22,27,34H,2,9-12,14-17H2,1H3,(H,35,39)(H,33,36,38). The van der Waals surface area contributed by atoms with E-state index in [1.807, 2.05) is 60.7 Å². The quantitative estimate of drug-likeness (QED) is 0.339. The minimum atomic E-state index is -0.313. The molecule has 5 rings (SSSR count). The largest absolute Gasteiger partial charge is 0.450 e. The number of rotatable bonds is 8. The van der Waals surface area contributed by atoms with Crippen molar-refractivity contribution < 1.29 is 23.9 Å². The highest BCUT2D eigenvalue weighted by Gasteiger charge is 2.25. The maximum Gasteiger partial charge on any atom is 0.409 e. The molecule has 2 fully saturated rings. The zero-order valence-corrected chi connectivity index (χ0v) is 23.8. The second-order valence-electron chi connectivity index (χ2n) is 10.5. The van der Waals surface area contributed by atoms with E-state index in [1.54, 1.807) is 18.0 Å². The smallest absolute Gasteiger partial charge is 0.409 e. The summed E-state index contributed by atoms with van der Waals surface area (Å²) in [6, 6.07) is 19.0. The molecule has 2 saturated heterocycles. The van der Waals surface area contributed by atoms with Gasteiger partial charge in [-0.3, -0.25) is 9.59 Å². The average molecular weight is 572 g/mol. The number of hydrogen-bond donors (Lipinski definition) is 3. The van der Waals surface area contributed by atoms with Gasteiger partial charge in [-0.05, 0) is 86.2 Å². The molecule has 0 radical (unpaired) electrons. The van der Waals surface area contributed by atoms with Crippen LogP contribution in [0.5, 0.6) is 0 Å². The topological polar surface area (TPSA) is 122 Å². The number of ether oxygens (including phenoxy) is 2. The number of piperidine rings is 1. The van der Waals surface area contributed by atoms with E-state index in [1.165, 1.54) is 0 Å². The van der Waals surface area contributed by atoms with Crippen LogP contribution in [0, 0.1) is 5.92 Å². The third-order valence-corrected chi connectivity index (χ3v) is 7.55. The fourth-order valence-corrected chi connectivity index (χ4v) is 5.24. The second-order valence-corrected chi connectivity index (χ2v) is 10.5. The van der Waals surface area contributed by atoms with Gasteiger partial charge in [-0.15, -0.1) is 0 Å². The number of amides is 3. The average Bonchev–Trinajstić information content (AvgIpc) is 3.02. The van der Waals surface area contributed by atoms with E-state index in [9.17, 15) is 14.4 Å². The summed E-state index contributed by atoms with van der Waals surface area (Å²) in [6.07, 6.45) is 4.04. The summed E-state index contributed by atoms with van der Waals surface area (Å²) in [7, 11) is 0. The van der Waals surface area contributed by atoms with Crippen molar-refractivity contribution in [1.29, 1.82) is 0 Å². The van der Waals surface area contributed by atoms with Crippen LogP contribution in [0.3, 0.4) is 0 Å². The molecule has 3 amide bonds. The third kappa shape index (κ3) is 7.64. The highest BCUT2D eigenvalue weighted by Crippen LogP contribution is 2.29. The van der Waals surface area contributed by atoms with Crippen molar-refractivity contribution in [3.8, 4) is 11.1 Å². The molecule has 3 aromatic rings. The first-order chi connectivity index (χ1) is 20.5. The molecule has 10 heteroatoms. The van der Waals surface area contributed by atoms with E-state index in [2.05, 4.69) is 20.9 Å². The van der Waals surface area contributed by atoms with Crippen molar-refractivity contribution in [3.63, 3.8) is 0 Å². The molecule has 1 aromatic heterocycles. The number of nitrogens with one attached hydrogen (secondary N) is 3. The third-order valence-electron chi connectivity index (χ3n) is 7.55. The molecule has 220 valence electrons. The fraction of sp³-hybridized carbons (Fsp3) is 0.375. The lowest BCUT2D eigenvalue weighted by Crippen LogP contribution is -2.46. The number of pyridine rings is 1. The number of nitrogens with zero attached hydrogens (tertiary/aromatic N) is 2. The summed E-state index contributed by atoms with van der Waals surface area (Å²) >= 11 is 0. The van der Waals surface area contributed by atoms with Crippen LogP contribution in [0.15, 0.2) is 66.9 Å². The number of hydrogen-bond acceptors (Lipinski definition) is 7. The molecule has 3 N–H and O–H groups in total. The van der Waals surface area contributed by atoms with Crippen LogP contribution in [0.1, 0.15) is 43.0 Å². The number of para-hydroxylation sites is 1. The molecule has 10 nitrogen and oxygen atoms in total. The van der Waals surface area contributed by atoms with Crippen molar-refractivity contribution in [3.05, 3.63) is 72.4 Å². The number of aromatic nitrogens is 1. The van der Waals surface area contributed by atoms with Gasteiger partial charge in [-0.25, -0.2) is 9.78 Å². The zero-order chi connectivity index (χ0) is 29.3. The van der Waals surface area contributed by atoms with Gasteiger partial charge in [0.15, 0.2) is 0 Å². The maximum atomic E-state index is 13.5. The first-order valence-corrected chi connectivity index (χ1v) is 14.5. The fourth-order valence-electron chi connectivity index (χ4n) is 5.24. The summed E-state index contributed by atoms with van der Waals surface area (Å²) in [5.41, 5.74) is 3.78. The molecule has 0 saturated carbocycles. The van der Waals surface area contributed by atoms with Gasteiger partial charge in [0, 0.05) is 61.4 Å². The maximum absolute atomic E-state index is 13.5. The highest BCUT2D eigenvalue weighted by molar-refractivity contribution is 5.97. The summed E-state index contributed by atoms with van der Waals surface area (Å²) in [4.78, 5) is 44.4. The van der Waals surface area contributed by atoms with Gasteiger partial charge in [-0.1, -0.05) is 18.2 Å². The Morgan fingerprint density at radius 1 is 0.929 bits per heavy atom. The Balaban J connectivity index is 1.34. The van der Waals surface area contributed by atoms with Crippen molar-refractivity contribution in [2.45, 2.75) is 38.6 Å². The minimum absolute atomic E-state index is 0.0507. The van der Waals surface area contributed by atoms with Crippen LogP contribution >= 0.6 is 0 Å². The van der Waals surface area contributed by atoms with E-state index in [0.717, 1.165) is 22.5 Å². The molecule has 0 aliphatic carbocycles. The first kappa shape index (κ1) is 29.1. The van der Waals surface area contributed by atoms with Gasteiger partial charge >= 0.3 is 6.09 Å². The van der Waals surface area contributed by atoms with Crippen LogP contribution in [0.2, 0.25) is 0 Å². The predicted octanol–water partition coefficient (Wildman–Crippen LogP) is 5.21. The summed E-state index contributed by atoms with van der Waals surface area (Å²) < 4.78 is 10.5. The van der Waals surface area contributed by atoms with Crippen LogP contribution in [0.25, 0.3) is 11.1 Å². The Hall–Kier alpha value is -4.44. The number of likely N-dealkylation sites (tertiary alicyclic amines) is 1. The van der Waals surface area contributed by atoms with E-state index in [4.69, 9.17) is 9.47 Å². The molecule has 2 aliphatic heterocycles. The van der Waals surface area contributed by atoms with Crippen molar-refractivity contribution in [2.75, 3.05) is 43.5 Å². The monoisotopic (exact) mass is 571 g/mol. The number of anilines is 3. The summed E-state index contributed by atoms with van der Waals surface area (Å²) in [5, 5.41) is 9.49. The second kappa shape index (κ2) is 14.0. The van der Waals surface area contributed by atoms with Gasteiger partial charge < -0.3 is 30.3 Å². The Bertz CT molecular complexity index is 1390. The van der Waals surface area contributed by atoms with E-state index < -0.39 is 0 Å². The lowest BCUT2D eigenvalue weighted by molar-refractivity contribution is -0.122. The van der Waals surface area contributed by atoms with Crippen LogP contribution in [-0.2, 0) is 14.3 Å². The normalized spacial score (nSPS) is 16.0. The van der Waals surface area contributed by atoms with Gasteiger partial charge in [0.25, 0.3) is 5.91 Å². The van der Waals surface area contributed by atoms with E-state index in [-0.39, 0.29) is 29.9 Å². The molecule has 2 aliphatic rings. The Morgan fingerprint density at radius 2 is 1.69 bits per heavy atom. The Kier molecular flexibility index (Phi) is 9.66. The van der Waals surface area contributed by atoms with Gasteiger partial charge in [0.2, 0.25) is 5.91 Å². The van der Waals surface area contributed by atoms with Gasteiger partial charge in [0.05, 0.1) is 6.61 Å². The minimum Gasteiger partial charge on any atom is -0.450 e. The molecule has 3 heterocycles. The van der Waals surface area contributed by atoms with E-state index in [0.29, 0.717) is 70.0 Å². The zero-order valence-electron chi connectivity index (χ0n) is 23.8. The van der Waals surface area contributed by atoms with Gasteiger partial charge in [-0.2, -0.15) is 0 Å². The molecule has 0 bridgehead atoms.